The number of hydrogen-bond donors (Lipinski definition) is 0. The normalized spacial score (nSPS) is 20.9. The van der Waals surface area contributed by atoms with Gasteiger partial charge in [0.05, 0.1) is 39.8 Å². The zero-order valence-electron chi connectivity index (χ0n) is 20.3. The van der Waals surface area contributed by atoms with Crippen LogP contribution in [0.3, 0.4) is 0 Å². The van der Waals surface area contributed by atoms with Crippen molar-refractivity contribution < 1.29 is 33.4 Å². The number of carbonyl (C=O) groups is 2. The fourth-order valence-electron chi connectivity index (χ4n) is 4.87. The molecule has 3 aromatic carbocycles. The summed E-state index contributed by atoms with van der Waals surface area (Å²) in [6, 6.07) is 19.0. The van der Waals surface area contributed by atoms with Gasteiger partial charge in [-0.3, -0.25) is 14.4 Å². The zero-order valence-corrected chi connectivity index (χ0v) is 20.3. The van der Waals surface area contributed by atoms with Gasteiger partial charge in [-0.1, -0.05) is 30.3 Å². The highest BCUT2D eigenvalue weighted by atomic mass is 16.7. The molecule has 2 fully saturated rings. The lowest BCUT2D eigenvalue weighted by Gasteiger charge is -2.30. The van der Waals surface area contributed by atoms with Crippen molar-refractivity contribution in [2.45, 2.75) is 12.1 Å². The van der Waals surface area contributed by atoms with Crippen LogP contribution < -0.4 is 28.9 Å². The Hall–Kier alpha value is -4.24. The molecule has 9 nitrogen and oxygen atoms in total. The Kier molecular flexibility index (Phi) is 6.15. The summed E-state index contributed by atoms with van der Waals surface area (Å²) in [5.74, 6) is 0.118. The summed E-state index contributed by atoms with van der Waals surface area (Å²) in [6.07, 6.45) is -1.04. The van der Waals surface area contributed by atoms with E-state index < -0.39 is 29.9 Å². The Balaban J connectivity index is 1.67. The molecule has 0 saturated carbocycles. The molecule has 0 aliphatic carbocycles. The number of rotatable bonds is 7. The summed E-state index contributed by atoms with van der Waals surface area (Å²) < 4.78 is 22.1. The van der Waals surface area contributed by atoms with E-state index in [2.05, 4.69) is 0 Å². The van der Waals surface area contributed by atoms with E-state index in [1.165, 1.54) is 28.4 Å². The number of para-hydroxylation sites is 3. The van der Waals surface area contributed by atoms with Crippen LogP contribution in [-0.4, -0.2) is 46.4 Å². The molecule has 2 amide bonds. The molecule has 2 saturated heterocycles. The Labute approximate surface area is 208 Å². The van der Waals surface area contributed by atoms with Crippen LogP contribution in [0, 0.1) is 5.92 Å². The molecule has 3 atom stereocenters. The van der Waals surface area contributed by atoms with Crippen molar-refractivity contribution in [3.63, 3.8) is 0 Å². The lowest BCUT2D eigenvalue weighted by molar-refractivity contribution is -0.126. The van der Waals surface area contributed by atoms with E-state index in [-0.39, 0.29) is 0 Å². The Bertz CT molecular complexity index is 1300. The Morgan fingerprint density at radius 3 is 1.97 bits per heavy atom. The van der Waals surface area contributed by atoms with Crippen LogP contribution in [0.1, 0.15) is 11.6 Å². The first-order chi connectivity index (χ1) is 17.5. The van der Waals surface area contributed by atoms with Gasteiger partial charge in [-0.25, -0.2) is 9.96 Å². The molecule has 2 aliphatic heterocycles. The molecule has 9 heteroatoms. The number of hydroxylamine groups is 1. The van der Waals surface area contributed by atoms with E-state index in [0.717, 1.165) is 4.90 Å². The molecule has 0 N–H and O–H groups in total. The van der Waals surface area contributed by atoms with E-state index >= 15 is 0 Å². The number of ether oxygens (including phenoxy) is 4. The van der Waals surface area contributed by atoms with Gasteiger partial charge in [-0.2, -0.15) is 0 Å². The number of carbonyl (C=O) groups excluding carboxylic acids is 2. The van der Waals surface area contributed by atoms with Gasteiger partial charge in [0, 0.05) is 11.6 Å². The third kappa shape index (κ3) is 3.59. The van der Waals surface area contributed by atoms with Gasteiger partial charge in [0.15, 0.2) is 17.6 Å². The van der Waals surface area contributed by atoms with E-state index in [1.807, 2.05) is 30.3 Å². The second kappa shape index (κ2) is 9.43. The fraction of sp³-hybridized carbons (Fsp3) is 0.259. The molecule has 0 aromatic heterocycles. The van der Waals surface area contributed by atoms with Crippen LogP contribution >= 0.6 is 0 Å². The maximum absolute atomic E-state index is 13.9. The van der Waals surface area contributed by atoms with Gasteiger partial charge in [-0.15, -0.1) is 0 Å². The highest BCUT2D eigenvalue weighted by Crippen LogP contribution is 2.51. The van der Waals surface area contributed by atoms with Gasteiger partial charge in [0.2, 0.25) is 5.91 Å². The average molecular weight is 491 g/mol. The van der Waals surface area contributed by atoms with Crippen molar-refractivity contribution in [2.75, 3.05) is 38.4 Å². The predicted octanol–water partition coefficient (Wildman–Crippen LogP) is 3.77. The third-order valence-electron chi connectivity index (χ3n) is 6.51. The SMILES string of the molecule is COc1cc(OC)c([C@@H]2[C@H]3C(=O)N(c4ccccc4OC)C(=O)[C@H]3ON2c2ccccc2)cc1OC. The van der Waals surface area contributed by atoms with E-state index in [0.29, 0.717) is 39.9 Å². The predicted molar refractivity (Wildman–Crippen MR) is 132 cm³/mol. The number of methoxy groups -OCH3 is 4. The van der Waals surface area contributed by atoms with E-state index in [1.54, 1.807) is 41.5 Å². The second-order valence-corrected chi connectivity index (χ2v) is 8.29. The van der Waals surface area contributed by atoms with Gasteiger partial charge in [0.1, 0.15) is 23.5 Å². The molecule has 3 aromatic rings. The number of hydrogen-bond acceptors (Lipinski definition) is 8. The highest BCUT2D eigenvalue weighted by molar-refractivity contribution is 6.24. The van der Waals surface area contributed by atoms with Crippen LogP contribution in [0.2, 0.25) is 0 Å². The largest absolute Gasteiger partial charge is 0.496 e. The molecule has 186 valence electrons. The minimum absolute atomic E-state index is 0.372. The maximum atomic E-state index is 13.9. The molecule has 0 spiro atoms. The fourth-order valence-corrected chi connectivity index (χ4v) is 4.87. The number of nitrogens with zero attached hydrogens (tertiary/aromatic N) is 2. The maximum Gasteiger partial charge on any atom is 0.266 e. The lowest BCUT2D eigenvalue weighted by atomic mass is 9.89. The highest BCUT2D eigenvalue weighted by Gasteiger charge is 2.61. The molecule has 5 rings (SSSR count). The first-order valence-corrected chi connectivity index (χ1v) is 11.4. The van der Waals surface area contributed by atoms with Crippen molar-refractivity contribution in [1.29, 1.82) is 0 Å². The van der Waals surface area contributed by atoms with Crippen molar-refractivity contribution in [2.24, 2.45) is 5.92 Å². The van der Waals surface area contributed by atoms with Crippen molar-refractivity contribution >= 4 is 23.2 Å². The van der Waals surface area contributed by atoms with Crippen molar-refractivity contribution in [3.05, 3.63) is 72.3 Å². The molecule has 0 radical (unpaired) electrons. The van der Waals surface area contributed by atoms with E-state index in [9.17, 15) is 9.59 Å². The summed E-state index contributed by atoms with van der Waals surface area (Å²) in [5.41, 5.74) is 1.69. The zero-order chi connectivity index (χ0) is 25.4. The number of imide groups is 1. The molecular formula is C27H26N2O7. The molecule has 2 aliphatic rings. The summed E-state index contributed by atoms with van der Waals surface area (Å²) in [5, 5.41) is 1.61. The molecular weight excluding hydrogens is 464 g/mol. The van der Waals surface area contributed by atoms with Crippen molar-refractivity contribution in [3.8, 4) is 23.0 Å². The van der Waals surface area contributed by atoms with Crippen LogP contribution in [-0.2, 0) is 14.4 Å². The summed E-state index contributed by atoms with van der Waals surface area (Å²) in [4.78, 5) is 34.9. The summed E-state index contributed by atoms with van der Waals surface area (Å²) in [6.45, 7) is 0. The molecule has 36 heavy (non-hydrogen) atoms. The minimum Gasteiger partial charge on any atom is -0.496 e. The van der Waals surface area contributed by atoms with Gasteiger partial charge < -0.3 is 18.9 Å². The molecule has 0 unspecified atom stereocenters. The smallest absolute Gasteiger partial charge is 0.266 e. The Morgan fingerprint density at radius 2 is 1.31 bits per heavy atom. The van der Waals surface area contributed by atoms with Crippen LogP contribution in [0.15, 0.2) is 66.7 Å². The van der Waals surface area contributed by atoms with Gasteiger partial charge in [0.25, 0.3) is 5.91 Å². The molecule has 2 heterocycles. The number of anilines is 2. The monoisotopic (exact) mass is 490 g/mol. The number of benzene rings is 3. The first-order valence-electron chi connectivity index (χ1n) is 11.4. The molecule has 0 bridgehead atoms. The van der Waals surface area contributed by atoms with E-state index in [4.69, 9.17) is 23.8 Å². The topological polar surface area (TPSA) is 86.8 Å². The van der Waals surface area contributed by atoms with Gasteiger partial charge in [-0.05, 0) is 30.3 Å². The van der Waals surface area contributed by atoms with Crippen LogP contribution in [0.25, 0.3) is 0 Å². The second-order valence-electron chi connectivity index (χ2n) is 8.29. The minimum atomic E-state index is -1.04. The lowest BCUT2D eigenvalue weighted by Crippen LogP contribution is -2.37. The number of fused-ring (bicyclic) bond motifs is 1. The average Bonchev–Trinajstić information content (AvgIpc) is 3.43. The Morgan fingerprint density at radius 1 is 0.694 bits per heavy atom. The standard InChI is InChI=1S/C27H26N2O7/c1-32-19-13-9-8-12-18(19)28-26(30)23-24(17-14-21(34-3)22(35-4)15-20(17)33-2)29(36-25(23)27(28)31)16-10-6-5-7-11-16/h5-15,23-25H,1-4H3/t23-,24-,25+/m1/s1. The summed E-state index contributed by atoms with van der Waals surface area (Å²) >= 11 is 0. The third-order valence-corrected chi connectivity index (χ3v) is 6.51. The van der Waals surface area contributed by atoms with Crippen LogP contribution in [0.5, 0.6) is 23.0 Å². The first kappa shape index (κ1) is 23.5. The van der Waals surface area contributed by atoms with Crippen LogP contribution in [0.4, 0.5) is 11.4 Å². The van der Waals surface area contributed by atoms with Crippen molar-refractivity contribution in [1.82, 2.24) is 0 Å². The van der Waals surface area contributed by atoms with Gasteiger partial charge >= 0.3 is 0 Å². The quantitative estimate of drug-likeness (QED) is 0.463. The summed E-state index contributed by atoms with van der Waals surface area (Å²) in [7, 11) is 6.10. The number of amides is 2.